The molecule has 0 radical (unpaired) electrons. The van der Waals surface area contributed by atoms with Gasteiger partial charge in [-0.3, -0.25) is 9.36 Å². The van der Waals surface area contributed by atoms with E-state index in [1.807, 2.05) is 6.92 Å². The molecule has 42 heavy (non-hydrogen) atoms. The van der Waals surface area contributed by atoms with Gasteiger partial charge in [0, 0.05) is 17.7 Å². The Hall–Kier alpha value is -3.88. The van der Waals surface area contributed by atoms with Crippen molar-refractivity contribution >= 4 is 27.5 Å². The number of hydrogen-bond acceptors (Lipinski definition) is 10. The molecular formula is C28H35FN6O6S. The molecule has 1 aromatic carbocycles. The maximum absolute atomic E-state index is 14.4. The van der Waals surface area contributed by atoms with Crippen LogP contribution in [0.25, 0.3) is 15.2 Å². The molecule has 0 saturated heterocycles. The van der Waals surface area contributed by atoms with Crippen LogP contribution >= 0.6 is 11.3 Å². The van der Waals surface area contributed by atoms with Crippen molar-refractivity contribution in [2.75, 3.05) is 26.9 Å². The number of ether oxygens (including phenoxy) is 3. The maximum Gasteiger partial charge on any atom is 0.333 e. The summed E-state index contributed by atoms with van der Waals surface area (Å²) in [7, 11) is 1.44. The first kappa shape index (κ1) is 31.1. The van der Waals surface area contributed by atoms with E-state index in [4.69, 9.17) is 19.9 Å². The van der Waals surface area contributed by atoms with Crippen LogP contribution in [0, 0.1) is 12.7 Å². The van der Waals surface area contributed by atoms with Gasteiger partial charge in [-0.05, 0) is 45.4 Å². The minimum absolute atomic E-state index is 0.100. The highest BCUT2D eigenvalue weighted by Crippen LogP contribution is 2.34. The first-order valence-corrected chi connectivity index (χ1v) is 14.4. The smallest absolute Gasteiger partial charge is 0.333 e. The van der Waals surface area contributed by atoms with E-state index in [2.05, 4.69) is 10.2 Å². The van der Waals surface area contributed by atoms with Gasteiger partial charge < -0.3 is 19.9 Å². The van der Waals surface area contributed by atoms with Crippen LogP contribution in [-0.2, 0) is 26.4 Å². The van der Waals surface area contributed by atoms with E-state index in [-0.39, 0.29) is 31.7 Å². The number of carbonyl (C=O) groups is 1. The van der Waals surface area contributed by atoms with E-state index in [0.717, 1.165) is 22.3 Å². The Morgan fingerprint density at radius 3 is 2.55 bits per heavy atom. The lowest BCUT2D eigenvalue weighted by Crippen LogP contribution is -2.53. The number of fused-ring (bicyclic) bond motifs is 1. The molecule has 0 aliphatic heterocycles. The van der Waals surface area contributed by atoms with Gasteiger partial charge in [-0.25, -0.2) is 18.5 Å². The van der Waals surface area contributed by atoms with E-state index in [1.165, 1.54) is 60.9 Å². The van der Waals surface area contributed by atoms with Gasteiger partial charge in [0.05, 0.1) is 44.6 Å². The molecule has 226 valence electrons. The van der Waals surface area contributed by atoms with Gasteiger partial charge in [-0.2, -0.15) is 10.2 Å². The van der Waals surface area contributed by atoms with Crippen molar-refractivity contribution in [2.45, 2.75) is 58.7 Å². The molecule has 0 amide bonds. The molecule has 4 aromatic rings. The largest absolute Gasteiger partial charge is 0.496 e. The van der Waals surface area contributed by atoms with Crippen LogP contribution in [0.4, 0.5) is 4.39 Å². The van der Waals surface area contributed by atoms with Gasteiger partial charge in [0.1, 0.15) is 33.0 Å². The molecule has 0 fully saturated rings. The van der Waals surface area contributed by atoms with Gasteiger partial charge in [-0.15, -0.1) is 4.80 Å². The number of nitrogens with two attached hydrogens (primary N) is 1. The van der Waals surface area contributed by atoms with E-state index < -0.39 is 34.7 Å². The number of hydrogen-bond donors (Lipinski definition) is 1. The Balaban J connectivity index is 1.99. The average molecular weight is 603 g/mol. The zero-order valence-electron chi connectivity index (χ0n) is 24.3. The van der Waals surface area contributed by atoms with Crippen molar-refractivity contribution in [1.82, 2.24) is 24.1 Å². The highest BCUT2D eigenvalue weighted by Gasteiger charge is 2.37. The predicted octanol–water partition coefficient (Wildman–Crippen LogP) is 3.06. The van der Waals surface area contributed by atoms with Crippen LogP contribution < -0.4 is 21.7 Å². The van der Waals surface area contributed by atoms with Crippen molar-refractivity contribution in [3.8, 4) is 10.8 Å². The third-order valence-corrected chi connectivity index (χ3v) is 8.18. The van der Waals surface area contributed by atoms with Gasteiger partial charge in [0.2, 0.25) is 0 Å². The molecule has 0 spiro atoms. The third kappa shape index (κ3) is 5.87. The Labute approximate surface area is 245 Å². The minimum atomic E-state index is -1.65. The second-order valence-corrected chi connectivity index (χ2v) is 11.1. The second kappa shape index (κ2) is 13.0. The summed E-state index contributed by atoms with van der Waals surface area (Å²) in [5.41, 5.74) is 3.53. The summed E-state index contributed by atoms with van der Waals surface area (Å²) >= 11 is 1.14. The molecule has 0 aliphatic carbocycles. The van der Waals surface area contributed by atoms with E-state index in [1.54, 1.807) is 6.92 Å². The molecule has 1 atom stereocenters. The first-order chi connectivity index (χ1) is 20.1. The van der Waals surface area contributed by atoms with Gasteiger partial charge in [0.25, 0.3) is 5.56 Å². The monoisotopic (exact) mass is 602 g/mol. The van der Waals surface area contributed by atoms with Crippen LogP contribution in [0.1, 0.15) is 50.8 Å². The van der Waals surface area contributed by atoms with Crippen molar-refractivity contribution < 1.29 is 23.4 Å². The Kier molecular flexibility index (Phi) is 9.59. The van der Waals surface area contributed by atoms with Crippen molar-refractivity contribution in [1.29, 1.82) is 0 Å². The third-order valence-electron chi connectivity index (χ3n) is 6.90. The van der Waals surface area contributed by atoms with Crippen LogP contribution in [0.2, 0.25) is 0 Å². The van der Waals surface area contributed by atoms with E-state index in [9.17, 15) is 18.8 Å². The summed E-state index contributed by atoms with van der Waals surface area (Å²) in [6.45, 7) is 6.89. The standard InChI is InChI=1S/C28H35FN6O6S/c1-6-7-13-41-26(37)28(3,4)34-23(36)22-17(2)24(35-31-11-12-32-35)42-25(22)33(27(34)38)16-21(40-14-10-30)19-15-18(29)8-9-20(19)39-5/h8-9,11-12,15,21H,6-7,10,13-14,16,30H2,1-5H3/t21-/m0/s1. The molecule has 4 rings (SSSR count). The van der Waals surface area contributed by atoms with Crippen LogP contribution in [-0.4, -0.2) is 57.0 Å². The number of carbonyl (C=O) groups excluding carboxylic acids is 1. The lowest BCUT2D eigenvalue weighted by molar-refractivity contribution is -0.153. The Morgan fingerprint density at radius 1 is 1.19 bits per heavy atom. The molecule has 0 unspecified atom stereocenters. The lowest BCUT2D eigenvalue weighted by atomic mass is 10.0. The van der Waals surface area contributed by atoms with Crippen LogP contribution in [0.5, 0.6) is 5.75 Å². The number of unbranched alkanes of at least 4 members (excludes halogenated alkanes) is 1. The summed E-state index contributed by atoms with van der Waals surface area (Å²) in [5.74, 6) is -0.894. The Bertz CT molecular complexity index is 1680. The number of thiophene rings is 1. The summed E-state index contributed by atoms with van der Waals surface area (Å²) in [6.07, 6.45) is 3.53. The predicted molar refractivity (Wildman–Crippen MR) is 156 cm³/mol. The summed E-state index contributed by atoms with van der Waals surface area (Å²) in [4.78, 5) is 43.2. The van der Waals surface area contributed by atoms with Crippen molar-refractivity contribution in [3.05, 3.63) is 68.4 Å². The topological polar surface area (TPSA) is 145 Å². The SMILES string of the molecule is CCCCOC(=O)C(C)(C)n1c(=O)c2c(C)c(-n3nccn3)sc2n(C[C@H](OCCN)c2cc(F)ccc2OC)c1=O. The van der Waals surface area contributed by atoms with Crippen molar-refractivity contribution in [2.24, 2.45) is 5.73 Å². The zero-order valence-corrected chi connectivity index (χ0v) is 25.1. The van der Waals surface area contributed by atoms with E-state index >= 15 is 0 Å². The molecule has 0 aliphatic rings. The highest BCUT2D eigenvalue weighted by molar-refractivity contribution is 7.21. The molecule has 12 nitrogen and oxygen atoms in total. The van der Waals surface area contributed by atoms with Gasteiger partial charge >= 0.3 is 11.7 Å². The molecule has 0 saturated carbocycles. The summed E-state index contributed by atoms with van der Waals surface area (Å²) in [5, 5.41) is 9.12. The van der Waals surface area contributed by atoms with Crippen LogP contribution in [0.15, 0.2) is 40.2 Å². The van der Waals surface area contributed by atoms with Crippen molar-refractivity contribution in [3.63, 3.8) is 0 Å². The number of nitrogens with zero attached hydrogens (tertiary/aromatic N) is 5. The number of halogens is 1. The molecule has 14 heteroatoms. The normalized spacial score (nSPS) is 12.5. The Morgan fingerprint density at radius 2 is 1.90 bits per heavy atom. The zero-order chi connectivity index (χ0) is 30.6. The fourth-order valence-electron chi connectivity index (χ4n) is 4.65. The molecule has 2 N–H and O–H groups in total. The number of methoxy groups -OCH3 is 1. The lowest BCUT2D eigenvalue weighted by Gasteiger charge is -2.27. The number of esters is 1. The fraction of sp³-hybridized carbons (Fsp3) is 0.464. The number of benzene rings is 1. The number of aryl methyl sites for hydroxylation is 1. The maximum atomic E-state index is 14.4. The van der Waals surface area contributed by atoms with Crippen LogP contribution in [0.3, 0.4) is 0 Å². The van der Waals surface area contributed by atoms with Gasteiger partial charge in [0.15, 0.2) is 0 Å². The molecule has 3 aromatic heterocycles. The fourth-order valence-corrected chi connectivity index (χ4v) is 5.87. The average Bonchev–Trinajstić information content (AvgIpc) is 3.61. The summed E-state index contributed by atoms with van der Waals surface area (Å²) < 4.78 is 33.6. The second-order valence-electron chi connectivity index (χ2n) is 10.1. The molecular weight excluding hydrogens is 567 g/mol. The first-order valence-electron chi connectivity index (χ1n) is 13.5. The molecule has 0 bridgehead atoms. The minimum Gasteiger partial charge on any atom is -0.496 e. The van der Waals surface area contributed by atoms with Gasteiger partial charge in [-0.1, -0.05) is 24.7 Å². The quantitative estimate of drug-likeness (QED) is 0.180. The van der Waals surface area contributed by atoms with E-state index in [0.29, 0.717) is 33.1 Å². The number of aromatic nitrogens is 5. The molecule has 3 heterocycles. The summed E-state index contributed by atoms with van der Waals surface area (Å²) in [6, 6.07) is 3.99. The highest BCUT2D eigenvalue weighted by atomic mass is 32.1. The number of rotatable bonds is 13.